The predicted octanol–water partition coefficient (Wildman–Crippen LogP) is 20.1. The van der Waals surface area contributed by atoms with E-state index in [1.54, 1.807) is 0 Å². The third-order valence-corrected chi connectivity index (χ3v) is 20.2. The van der Waals surface area contributed by atoms with Gasteiger partial charge in [0.2, 0.25) is 0 Å². The van der Waals surface area contributed by atoms with E-state index in [1.807, 2.05) is 0 Å². The van der Waals surface area contributed by atoms with Crippen LogP contribution in [-0.4, -0.2) is 10.3 Å². The fraction of sp³-hybridized carbons (Fsp3) is 0.120. The van der Waals surface area contributed by atoms with Crippen LogP contribution in [0.3, 0.4) is 0 Å². The lowest BCUT2D eigenvalue weighted by Gasteiger charge is -2.54. The van der Waals surface area contributed by atoms with Crippen molar-refractivity contribution in [1.29, 1.82) is 0 Å². The van der Waals surface area contributed by atoms with E-state index in [4.69, 9.17) is 9.15 Å². The van der Waals surface area contributed by atoms with Crippen molar-refractivity contribution < 1.29 is 9.15 Å². The van der Waals surface area contributed by atoms with E-state index in [1.165, 1.54) is 60.6 Å². The molecule has 1 spiro atoms. The fourth-order valence-electron chi connectivity index (χ4n) is 15.9. The Balaban J connectivity index is 0.951. The first-order valence-electron chi connectivity index (χ1n) is 28.1. The van der Waals surface area contributed by atoms with Crippen LogP contribution >= 0.6 is 11.8 Å². The van der Waals surface area contributed by atoms with Gasteiger partial charge in [0, 0.05) is 61.6 Å². The summed E-state index contributed by atoms with van der Waals surface area (Å²) in [5.74, 6) is 1.98. The second-order valence-corrected chi connectivity index (χ2v) is 24.4. The standard InChI is InChI=1S/C75H54N2O2S/c1-45-67-55-31-14-16-32-58(55)75-59-33-17-18-35-64(59)79-72-56(47-22-8-5-9-23-47)42-53(43-60(72)75)77(73(3)44-61-54-30-15-19-37-66(54)80-74(61,4)71(45)70(73)46(2)69(67)75)52-29-20-24-48(40-52)49-38-39-63-57(41-49)68-62(34-21-36-65(68)78-63)76(50-25-10-6-11-26-50)51-27-12-7-13-28-51/h5-46H,1-4H3. The molecule has 0 N–H and O–H groups in total. The Kier molecular flexibility index (Phi) is 9.48. The molecule has 0 fully saturated rings. The number of nitrogens with zero attached hydrogens (tertiary/aromatic N) is 2. The van der Waals surface area contributed by atoms with Gasteiger partial charge in [-0.15, -0.1) is 11.8 Å². The summed E-state index contributed by atoms with van der Waals surface area (Å²) < 4.78 is 13.9. The minimum absolute atomic E-state index is 0.0314. The first-order valence-corrected chi connectivity index (χ1v) is 28.9. The van der Waals surface area contributed by atoms with Crippen molar-refractivity contribution in [3.05, 3.63) is 287 Å². The molecule has 0 saturated heterocycles. The van der Waals surface area contributed by atoms with E-state index in [2.05, 4.69) is 292 Å². The minimum Gasteiger partial charge on any atom is -0.456 e. The Hall–Kier alpha value is -9.03. The molecule has 3 aliphatic carbocycles. The van der Waals surface area contributed by atoms with E-state index >= 15 is 0 Å². The van der Waals surface area contributed by atoms with Crippen LogP contribution in [0, 0.1) is 11.8 Å². The monoisotopic (exact) mass is 1050 g/mol. The van der Waals surface area contributed by atoms with Crippen LogP contribution in [0.1, 0.15) is 55.5 Å². The van der Waals surface area contributed by atoms with Gasteiger partial charge in [-0.3, -0.25) is 0 Å². The van der Waals surface area contributed by atoms with Gasteiger partial charge in [0.05, 0.1) is 26.8 Å². The number of hydrogen-bond acceptors (Lipinski definition) is 5. The van der Waals surface area contributed by atoms with Crippen LogP contribution < -0.4 is 14.5 Å². The molecule has 382 valence electrons. The predicted molar refractivity (Wildman–Crippen MR) is 330 cm³/mol. The minimum atomic E-state index is -0.656. The maximum Gasteiger partial charge on any atom is 0.140 e. The van der Waals surface area contributed by atoms with Gasteiger partial charge in [-0.2, -0.15) is 0 Å². The highest BCUT2D eigenvalue weighted by molar-refractivity contribution is 8.01. The van der Waals surface area contributed by atoms with Gasteiger partial charge in [-0.1, -0.05) is 166 Å². The summed E-state index contributed by atoms with van der Waals surface area (Å²) in [6.07, 6.45) is 2.69. The van der Waals surface area contributed by atoms with Crippen LogP contribution in [0.5, 0.6) is 11.5 Å². The Morgan fingerprint density at radius 2 is 1.15 bits per heavy atom. The van der Waals surface area contributed by atoms with Crippen LogP contribution in [0.2, 0.25) is 0 Å². The van der Waals surface area contributed by atoms with Gasteiger partial charge in [-0.25, -0.2) is 0 Å². The van der Waals surface area contributed by atoms with Crippen LogP contribution in [0.4, 0.5) is 28.4 Å². The van der Waals surface area contributed by atoms with Gasteiger partial charge in [0.1, 0.15) is 22.7 Å². The van der Waals surface area contributed by atoms with Crippen LogP contribution in [0.15, 0.2) is 269 Å². The molecule has 80 heavy (non-hydrogen) atoms. The highest BCUT2D eigenvalue weighted by Gasteiger charge is 2.63. The number of thioether (sulfide) groups is 1. The summed E-state index contributed by atoms with van der Waals surface area (Å²) in [6.45, 7) is 10.1. The normalized spacial score (nSPS) is 22.4. The van der Waals surface area contributed by atoms with Gasteiger partial charge >= 0.3 is 0 Å². The molecule has 6 aliphatic rings. The fourth-order valence-corrected chi connectivity index (χ4v) is 17.4. The number of benzene rings is 10. The summed E-state index contributed by atoms with van der Waals surface area (Å²) in [4.78, 5) is 6.41. The number of allylic oxidation sites excluding steroid dienone is 2. The first-order chi connectivity index (χ1) is 39.2. The van der Waals surface area contributed by atoms with E-state index in [-0.39, 0.29) is 16.6 Å². The first kappa shape index (κ1) is 45.9. The molecule has 5 unspecified atom stereocenters. The average molecular weight is 1050 g/mol. The summed E-state index contributed by atoms with van der Waals surface area (Å²) in [7, 11) is 0. The molecule has 4 bridgehead atoms. The molecule has 17 rings (SSSR count). The largest absolute Gasteiger partial charge is 0.456 e. The Labute approximate surface area is 470 Å². The highest BCUT2D eigenvalue weighted by Crippen LogP contribution is 2.73. The van der Waals surface area contributed by atoms with E-state index in [0.29, 0.717) is 0 Å². The molecule has 5 atom stereocenters. The molecule has 4 nitrogen and oxygen atoms in total. The van der Waals surface area contributed by atoms with Crippen molar-refractivity contribution in [2.24, 2.45) is 11.8 Å². The second-order valence-electron chi connectivity index (χ2n) is 22.9. The molecule has 1 aromatic heterocycles. The lowest BCUT2D eigenvalue weighted by Crippen LogP contribution is -2.52. The SMILES string of the molecule is CC1C2=C3C(C)C4=C1C1(C)Sc5ccccc5C1=CC4(C)N(c1cccc(-c4ccc5oc6cccc(N(c7ccccc7)c7ccccc7)c6c5c4)c1)c1cc(-c4ccccc4)c4c(c1)C3(c1ccccc1O4)c1ccccc12. The van der Waals surface area contributed by atoms with Gasteiger partial charge in [0.15, 0.2) is 0 Å². The quantitative estimate of drug-likeness (QED) is 0.155. The van der Waals surface area contributed by atoms with Crippen molar-refractivity contribution in [2.75, 3.05) is 9.80 Å². The van der Waals surface area contributed by atoms with Crippen LogP contribution in [-0.2, 0) is 5.41 Å². The van der Waals surface area contributed by atoms with Crippen LogP contribution in [0.25, 0.3) is 55.3 Å². The van der Waals surface area contributed by atoms with Crippen molar-refractivity contribution in [2.45, 2.75) is 48.3 Å². The zero-order valence-corrected chi connectivity index (χ0v) is 45.7. The lowest BCUT2D eigenvalue weighted by molar-refractivity contribution is 0.425. The average Bonchev–Trinajstić information content (AvgIpc) is 2.00. The molecular weight excluding hydrogens is 993 g/mol. The summed E-state index contributed by atoms with van der Waals surface area (Å²) in [6, 6.07) is 87.1. The number of para-hydroxylation sites is 3. The zero-order chi connectivity index (χ0) is 53.2. The Bertz CT molecular complexity index is 4530. The van der Waals surface area contributed by atoms with Crippen molar-refractivity contribution >= 4 is 73.3 Å². The summed E-state index contributed by atoms with van der Waals surface area (Å²) in [5, 5.41) is 2.15. The number of anilines is 5. The van der Waals surface area contributed by atoms with E-state index in [0.717, 1.165) is 84.1 Å². The highest BCUT2D eigenvalue weighted by atomic mass is 32.2. The van der Waals surface area contributed by atoms with Gasteiger partial charge in [-0.05, 0) is 166 Å². The molecular formula is C75H54N2O2S. The lowest BCUT2D eigenvalue weighted by atomic mass is 9.55. The molecule has 4 heterocycles. The Morgan fingerprint density at radius 3 is 1.94 bits per heavy atom. The number of ether oxygens (including phenoxy) is 1. The topological polar surface area (TPSA) is 28.9 Å². The van der Waals surface area contributed by atoms with E-state index < -0.39 is 11.0 Å². The molecule has 0 radical (unpaired) electrons. The summed E-state index contributed by atoms with van der Waals surface area (Å²) in [5.41, 5.74) is 24.2. The molecule has 3 aliphatic heterocycles. The number of fused-ring (bicyclic) bond motifs is 11. The molecule has 0 saturated carbocycles. The number of furan rings is 1. The smallest absolute Gasteiger partial charge is 0.140 e. The number of hydrogen-bond donors (Lipinski definition) is 0. The second kappa shape index (κ2) is 16.5. The third-order valence-electron chi connectivity index (χ3n) is 18.8. The van der Waals surface area contributed by atoms with E-state index in [9.17, 15) is 0 Å². The maximum atomic E-state index is 7.42. The van der Waals surface area contributed by atoms with Gasteiger partial charge in [0.25, 0.3) is 0 Å². The number of rotatable bonds is 6. The molecule has 0 amide bonds. The third kappa shape index (κ3) is 5.97. The summed E-state index contributed by atoms with van der Waals surface area (Å²) >= 11 is 2.05. The zero-order valence-electron chi connectivity index (χ0n) is 44.9. The van der Waals surface area contributed by atoms with Crippen molar-refractivity contribution in [3.63, 3.8) is 0 Å². The van der Waals surface area contributed by atoms with Crippen molar-refractivity contribution in [1.82, 2.24) is 0 Å². The van der Waals surface area contributed by atoms with Gasteiger partial charge < -0.3 is 19.0 Å². The maximum absolute atomic E-state index is 7.42. The molecule has 11 aromatic rings. The molecule has 5 heteroatoms. The molecule has 10 aromatic carbocycles. The Morgan fingerprint density at radius 1 is 0.487 bits per heavy atom. The van der Waals surface area contributed by atoms with Crippen molar-refractivity contribution in [3.8, 4) is 33.8 Å².